The van der Waals surface area contributed by atoms with Crippen LogP contribution in [0.25, 0.3) is 11.0 Å². The van der Waals surface area contributed by atoms with Gasteiger partial charge in [-0.3, -0.25) is 23.8 Å². The Hall–Kier alpha value is -2.93. The van der Waals surface area contributed by atoms with Crippen molar-refractivity contribution in [3.63, 3.8) is 0 Å². The van der Waals surface area contributed by atoms with Gasteiger partial charge in [-0.25, -0.2) is 4.79 Å². The molecule has 0 N–H and O–H groups in total. The third-order valence-electron chi connectivity index (χ3n) is 6.44. The van der Waals surface area contributed by atoms with Crippen LogP contribution in [0.5, 0.6) is 0 Å². The summed E-state index contributed by atoms with van der Waals surface area (Å²) in [4.78, 5) is 34.1. The van der Waals surface area contributed by atoms with Gasteiger partial charge in [-0.1, -0.05) is 12.1 Å². The van der Waals surface area contributed by atoms with Gasteiger partial charge >= 0.3 is 5.69 Å². The van der Waals surface area contributed by atoms with E-state index in [0.29, 0.717) is 19.5 Å². The summed E-state index contributed by atoms with van der Waals surface area (Å²) in [5.74, 6) is 0.104. The number of aromatic nitrogens is 3. The van der Waals surface area contributed by atoms with E-state index >= 15 is 0 Å². The van der Waals surface area contributed by atoms with E-state index in [1.165, 1.54) is 5.56 Å². The smallest absolute Gasteiger partial charge is 0.329 e. The van der Waals surface area contributed by atoms with Crippen LogP contribution in [-0.4, -0.2) is 56.0 Å². The number of nitrogens with zero attached hydrogens (tertiary/aromatic N) is 5. The fourth-order valence-corrected chi connectivity index (χ4v) is 4.59. The number of fused-ring (bicyclic) bond motifs is 1. The van der Waals surface area contributed by atoms with Gasteiger partial charge in [0, 0.05) is 64.6 Å². The lowest BCUT2D eigenvalue weighted by Gasteiger charge is -2.36. The first-order valence-corrected chi connectivity index (χ1v) is 11.1. The minimum atomic E-state index is -0.0384. The molecule has 0 spiro atoms. The Bertz CT molecular complexity index is 1080. The summed E-state index contributed by atoms with van der Waals surface area (Å²) in [6, 6.07) is 12.2. The molecule has 0 aliphatic carbocycles. The zero-order valence-corrected chi connectivity index (χ0v) is 18.4. The van der Waals surface area contributed by atoms with Gasteiger partial charge in [-0.2, -0.15) is 0 Å². The van der Waals surface area contributed by atoms with Crippen molar-refractivity contribution >= 4 is 16.9 Å². The van der Waals surface area contributed by atoms with Crippen molar-refractivity contribution in [1.29, 1.82) is 0 Å². The van der Waals surface area contributed by atoms with Crippen molar-refractivity contribution in [2.45, 2.75) is 51.9 Å². The second-order valence-corrected chi connectivity index (χ2v) is 8.28. The van der Waals surface area contributed by atoms with Gasteiger partial charge in [-0.15, -0.1) is 0 Å². The van der Waals surface area contributed by atoms with E-state index in [1.807, 2.05) is 55.5 Å². The summed E-state index contributed by atoms with van der Waals surface area (Å²) >= 11 is 0. The fourth-order valence-electron chi connectivity index (χ4n) is 4.59. The summed E-state index contributed by atoms with van der Waals surface area (Å²) < 4.78 is 3.50. The van der Waals surface area contributed by atoms with E-state index in [9.17, 15) is 9.59 Å². The van der Waals surface area contributed by atoms with Crippen molar-refractivity contribution < 1.29 is 4.79 Å². The molecule has 1 amide bonds. The predicted octanol–water partition coefficient (Wildman–Crippen LogP) is 2.73. The highest BCUT2D eigenvalue weighted by molar-refractivity contribution is 5.78. The van der Waals surface area contributed by atoms with E-state index in [-0.39, 0.29) is 17.6 Å². The lowest BCUT2D eigenvalue weighted by molar-refractivity contribution is -0.133. The summed E-state index contributed by atoms with van der Waals surface area (Å²) in [7, 11) is 1.91. The molecule has 1 aliphatic heterocycles. The standard InChI is InChI=1S/C24H31N5O2/c1-3-28-21-6-4-5-7-22(21)29(24(28)31)17-12-23(30)26(2)20-10-15-27(16-11-20)18-19-8-13-25-14-9-19/h4-9,13-14,20H,3,10-12,15-18H2,1-2H3. The van der Waals surface area contributed by atoms with E-state index in [2.05, 4.69) is 22.0 Å². The lowest BCUT2D eigenvalue weighted by atomic mass is 10.0. The normalized spacial score (nSPS) is 15.4. The molecule has 0 radical (unpaired) electrons. The number of amides is 1. The molecule has 31 heavy (non-hydrogen) atoms. The Balaban J connectivity index is 1.33. The largest absolute Gasteiger partial charge is 0.343 e. The third-order valence-corrected chi connectivity index (χ3v) is 6.44. The van der Waals surface area contributed by atoms with Crippen LogP contribution in [0, 0.1) is 0 Å². The Labute approximate surface area is 182 Å². The first-order valence-electron chi connectivity index (χ1n) is 11.1. The highest BCUT2D eigenvalue weighted by Crippen LogP contribution is 2.19. The van der Waals surface area contributed by atoms with Crippen LogP contribution in [-0.2, 0) is 24.4 Å². The number of piperidine rings is 1. The highest BCUT2D eigenvalue weighted by atomic mass is 16.2. The number of hydrogen-bond donors (Lipinski definition) is 0. The lowest BCUT2D eigenvalue weighted by Crippen LogP contribution is -2.45. The zero-order valence-electron chi connectivity index (χ0n) is 18.4. The minimum Gasteiger partial charge on any atom is -0.343 e. The first kappa shape index (κ1) is 21.3. The molecule has 0 unspecified atom stereocenters. The number of aryl methyl sites for hydroxylation is 2. The number of likely N-dealkylation sites (tertiary alicyclic amines) is 1. The molecule has 0 bridgehead atoms. The second-order valence-electron chi connectivity index (χ2n) is 8.28. The molecule has 164 valence electrons. The average Bonchev–Trinajstić information content (AvgIpc) is 3.08. The SMILES string of the molecule is CCn1c(=O)n(CCC(=O)N(C)C2CCN(Cc3ccncc3)CC2)c2ccccc21. The van der Waals surface area contributed by atoms with E-state index in [0.717, 1.165) is 43.5 Å². The molecule has 1 saturated heterocycles. The Morgan fingerprint density at radius 1 is 1.06 bits per heavy atom. The summed E-state index contributed by atoms with van der Waals surface area (Å²) in [5, 5.41) is 0. The molecule has 4 rings (SSSR count). The van der Waals surface area contributed by atoms with E-state index in [1.54, 1.807) is 9.13 Å². The monoisotopic (exact) mass is 421 g/mol. The quantitative estimate of drug-likeness (QED) is 0.589. The summed E-state index contributed by atoms with van der Waals surface area (Å²) in [6.07, 6.45) is 5.95. The van der Waals surface area contributed by atoms with Crippen LogP contribution < -0.4 is 5.69 Å². The maximum absolute atomic E-state index is 12.9. The Kier molecular flexibility index (Phi) is 6.51. The first-order chi connectivity index (χ1) is 15.1. The molecule has 7 nitrogen and oxygen atoms in total. The van der Waals surface area contributed by atoms with Crippen molar-refractivity contribution in [2.75, 3.05) is 20.1 Å². The predicted molar refractivity (Wildman–Crippen MR) is 122 cm³/mol. The van der Waals surface area contributed by atoms with Crippen molar-refractivity contribution in [3.8, 4) is 0 Å². The van der Waals surface area contributed by atoms with Crippen LogP contribution >= 0.6 is 0 Å². The Morgan fingerprint density at radius 2 is 1.71 bits per heavy atom. The number of pyridine rings is 1. The number of para-hydroxylation sites is 2. The van der Waals surface area contributed by atoms with Crippen molar-refractivity contribution in [3.05, 3.63) is 64.8 Å². The summed E-state index contributed by atoms with van der Waals surface area (Å²) in [6.45, 7) is 5.90. The van der Waals surface area contributed by atoms with Gasteiger partial charge in [0.2, 0.25) is 5.91 Å². The number of carbonyl (C=O) groups excluding carboxylic acids is 1. The molecule has 0 atom stereocenters. The second kappa shape index (κ2) is 9.47. The molecule has 3 heterocycles. The maximum atomic E-state index is 12.9. The summed E-state index contributed by atoms with van der Waals surface area (Å²) in [5.41, 5.74) is 3.06. The molecular formula is C24H31N5O2. The Morgan fingerprint density at radius 3 is 2.35 bits per heavy atom. The van der Waals surface area contributed by atoms with E-state index < -0.39 is 0 Å². The van der Waals surface area contributed by atoms with Gasteiger partial charge in [0.1, 0.15) is 0 Å². The van der Waals surface area contributed by atoms with Gasteiger partial charge in [0.25, 0.3) is 0 Å². The molecule has 3 aromatic rings. The van der Waals surface area contributed by atoms with Crippen LogP contribution in [0.4, 0.5) is 0 Å². The molecule has 1 aromatic carbocycles. The van der Waals surface area contributed by atoms with Crippen LogP contribution in [0.3, 0.4) is 0 Å². The van der Waals surface area contributed by atoms with Crippen molar-refractivity contribution in [2.24, 2.45) is 0 Å². The molecule has 0 saturated carbocycles. The van der Waals surface area contributed by atoms with E-state index in [4.69, 9.17) is 0 Å². The molecule has 7 heteroatoms. The van der Waals surface area contributed by atoms with Gasteiger partial charge < -0.3 is 4.90 Å². The topological polar surface area (TPSA) is 63.4 Å². The number of carbonyl (C=O) groups is 1. The number of benzene rings is 1. The molecule has 1 fully saturated rings. The van der Waals surface area contributed by atoms with Gasteiger partial charge in [0.05, 0.1) is 11.0 Å². The van der Waals surface area contributed by atoms with Gasteiger partial charge in [0.15, 0.2) is 0 Å². The van der Waals surface area contributed by atoms with Crippen molar-refractivity contribution in [1.82, 2.24) is 23.9 Å². The number of rotatable bonds is 7. The molecular weight excluding hydrogens is 390 g/mol. The van der Waals surface area contributed by atoms with Crippen LogP contribution in [0.1, 0.15) is 31.7 Å². The molecule has 1 aliphatic rings. The molecule has 2 aromatic heterocycles. The fraction of sp³-hybridized carbons (Fsp3) is 0.458. The highest BCUT2D eigenvalue weighted by Gasteiger charge is 2.25. The minimum absolute atomic E-state index is 0.0384. The van der Waals surface area contributed by atoms with Gasteiger partial charge in [-0.05, 0) is 49.6 Å². The van der Waals surface area contributed by atoms with Crippen LogP contribution in [0.15, 0.2) is 53.6 Å². The zero-order chi connectivity index (χ0) is 21.8. The van der Waals surface area contributed by atoms with Crippen LogP contribution in [0.2, 0.25) is 0 Å². The average molecular weight is 422 g/mol. The number of hydrogen-bond acceptors (Lipinski definition) is 4. The number of imidazole rings is 1. The maximum Gasteiger partial charge on any atom is 0.329 e. The third kappa shape index (κ3) is 4.56.